The van der Waals surface area contributed by atoms with E-state index in [0.29, 0.717) is 5.69 Å². The Hall–Kier alpha value is -1.90. The summed E-state index contributed by atoms with van der Waals surface area (Å²) in [5.41, 5.74) is -2.89. The first-order valence-electron chi connectivity index (χ1n) is 5.74. The summed E-state index contributed by atoms with van der Waals surface area (Å²) in [5, 5.41) is 17.3. The number of amides is 1. The molecular weight excluding hydrogens is 277 g/mol. The number of halogens is 3. The fraction of sp³-hybridized carbons (Fsp3) is 0.545. The van der Waals surface area contributed by atoms with Crippen LogP contribution in [0.2, 0.25) is 0 Å². The van der Waals surface area contributed by atoms with Crippen molar-refractivity contribution in [3.63, 3.8) is 0 Å². The highest BCUT2D eigenvalue weighted by Gasteiger charge is 2.63. The molecule has 0 radical (unpaired) electrons. The highest BCUT2D eigenvalue weighted by atomic mass is 19.4. The van der Waals surface area contributed by atoms with Crippen LogP contribution in [0.1, 0.15) is 29.5 Å². The first kappa shape index (κ1) is 14.5. The van der Waals surface area contributed by atoms with Crippen LogP contribution in [0.15, 0.2) is 11.2 Å². The van der Waals surface area contributed by atoms with Gasteiger partial charge in [0.2, 0.25) is 0 Å². The van der Waals surface area contributed by atoms with Gasteiger partial charge in [-0.15, -0.1) is 0 Å². The van der Waals surface area contributed by atoms with E-state index in [0.717, 1.165) is 4.68 Å². The maximum absolute atomic E-state index is 13.0. The van der Waals surface area contributed by atoms with E-state index in [2.05, 4.69) is 10.2 Å². The fourth-order valence-corrected chi connectivity index (χ4v) is 2.07. The molecule has 1 N–H and O–H groups in total. The SMILES string of the molecule is CC1=NN(C(=O)c2cc(C)nn2C)[C@@](O)(C(F)(F)F)C1. The standard InChI is InChI=1S/C11H13F3N4O2/c1-6-4-8(17(3)15-6)9(19)18-10(20,11(12,13)14)5-7(2)16-18/h4,20H,5H2,1-3H3/t10-/m0/s1. The van der Waals surface area contributed by atoms with Gasteiger partial charge in [-0.1, -0.05) is 0 Å². The molecule has 0 aromatic carbocycles. The lowest BCUT2D eigenvalue weighted by molar-refractivity contribution is -0.297. The van der Waals surface area contributed by atoms with Crippen molar-refractivity contribution >= 4 is 11.6 Å². The number of hydrogen-bond acceptors (Lipinski definition) is 4. The van der Waals surface area contributed by atoms with Crippen LogP contribution in [-0.2, 0) is 7.05 Å². The summed E-state index contributed by atoms with van der Waals surface area (Å²) in [6, 6.07) is 1.34. The maximum Gasteiger partial charge on any atom is 0.438 e. The van der Waals surface area contributed by atoms with Gasteiger partial charge < -0.3 is 5.11 Å². The second-order valence-corrected chi connectivity index (χ2v) is 4.74. The molecule has 1 atom stereocenters. The zero-order valence-electron chi connectivity index (χ0n) is 11.1. The van der Waals surface area contributed by atoms with Crippen LogP contribution >= 0.6 is 0 Å². The van der Waals surface area contributed by atoms with Gasteiger partial charge in [0.1, 0.15) is 5.69 Å². The predicted molar refractivity (Wildman–Crippen MR) is 62.8 cm³/mol. The van der Waals surface area contributed by atoms with Crippen LogP contribution in [0.5, 0.6) is 0 Å². The normalized spacial score (nSPS) is 23.1. The topological polar surface area (TPSA) is 70.7 Å². The highest BCUT2D eigenvalue weighted by molar-refractivity contribution is 5.96. The molecule has 110 valence electrons. The average molecular weight is 290 g/mol. The van der Waals surface area contributed by atoms with E-state index in [1.807, 2.05) is 0 Å². The predicted octanol–water partition coefficient (Wildman–Crippen LogP) is 1.20. The summed E-state index contributed by atoms with van der Waals surface area (Å²) in [4.78, 5) is 12.2. The van der Waals surface area contributed by atoms with Crippen LogP contribution in [0.4, 0.5) is 13.2 Å². The lowest BCUT2D eigenvalue weighted by atomic mass is 10.1. The van der Waals surface area contributed by atoms with Crippen molar-refractivity contribution in [3.05, 3.63) is 17.5 Å². The van der Waals surface area contributed by atoms with Gasteiger partial charge in [-0.05, 0) is 19.9 Å². The summed E-state index contributed by atoms with van der Waals surface area (Å²) in [6.07, 6.45) is -5.77. The number of nitrogens with zero attached hydrogens (tertiary/aromatic N) is 4. The first-order chi connectivity index (χ1) is 9.06. The molecule has 0 unspecified atom stereocenters. The van der Waals surface area contributed by atoms with Gasteiger partial charge in [-0.25, -0.2) is 0 Å². The number of carbonyl (C=O) groups excluding carboxylic acids is 1. The van der Waals surface area contributed by atoms with Gasteiger partial charge >= 0.3 is 6.18 Å². The molecule has 1 aliphatic rings. The number of aliphatic hydroxyl groups is 1. The van der Waals surface area contributed by atoms with Gasteiger partial charge in [0, 0.05) is 19.2 Å². The van der Waals surface area contributed by atoms with Gasteiger partial charge in [0.05, 0.1) is 5.69 Å². The third-order valence-corrected chi connectivity index (χ3v) is 2.99. The second kappa shape index (κ2) is 4.30. The minimum atomic E-state index is -5.00. The van der Waals surface area contributed by atoms with E-state index in [9.17, 15) is 23.1 Å². The fourth-order valence-electron chi connectivity index (χ4n) is 2.07. The van der Waals surface area contributed by atoms with E-state index >= 15 is 0 Å². The zero-order chi connectivity index (χ0) is 15.3. The molecule has 9 heteroatoms. The van der Waals surface area contributed by atoms with Gasteiger partial charge in [-0.2, -0.15) is 28.4 Å². The molecule has 0 spiro atoms. The molecule has 2 rings (SSSR count). The van der Waals surface area contributed by atoms with Crippen LogP contribution in [0.3, 0.4) is 0 Å². The van der Waals surface area contributed by atoms with Gasteiger partial charge in [-0.3, -0.25) is 9.48 Å². The van der Waals surface area contributed by atoms with E-state index in [1.165, 1.54) is 20.0 Å². The number of alkyl halides is 3. The van der Waals surface area contributed by atoms with Crippen molar-refractivity contribution in [2.45, 2.75) is 32.2 Å². The summed E-state index contributed by atoms with van der Waals surface area (Å²) in [6.45, 7) is 2.92. The van der Waals surface area contributed by atoms with Crippen LogP contribution in [0.25, 0.3) is 0 Å². The van der Waals surface area contributed by atoms with E-state index in [4.69, 9.17) is 0 Å². The lowest BCUT2D eigenvalue weighted by Gasteiger charge is -2.32. The largest absolute Gasteiger partial charge is 0.438 e. The third kappa shape index (κ3) is 2.07. The van der Waals surface area contributed by atoms with Crippen LogP contribution < -0.4 is 0 Å². The molecule has 0 fully saturated rings. The molecule has 20 heavy (non-hydrogen) atoms. The Morgan fingerprint density at radius 1 is 1.45 bits per heavy atom. The Morgan fingerprint density at radius 3 is 2.50 bits per heavy atom. The van der Waals surface area contributed by atoms with E-state index < -0.39 is 24.2 Å². The lowest BCUT2D eigenvalue weighted by Crippen LogP contribution is -2.56. The van der Waals surface area contributed by atoms with Crippen LogP contribution in [0, 0.1) is 6.92 Å². The highest BCUT2D eigenvalue weighted by Crippen LogP contribution is 2.40. The van der Waals surface area contributed by atoms with Crippen LogP contribution in [-0.4, -0.2) is 43.4 Å². The van der Waals surface area contributed by atoms with Crippen molar-refractivity contribution in [2.75, 3.05) is 0 Å². The number of aryl methyl sites for hydroxylation is 2. The molecule has 0 aliphatic carbocycles. The monoisotopic (exact) mass is 290 g/mol. The van der Waals surface area contributed by atoms with Crippen molar-refractivity contribution in [3.8, 4) is 0 Å². The average Bonchev–Trinajstić information content (AvgIpc) is 2.77. The maximum atomic E-state index is 13.0. The van der Waals surface area contributed by atoms with Crippen molar-refractivity contribution in [2.24, 2.45) is 12.1 Å². The zero-order valence-corrected chi connectivity index (χ0v) is 11.1. The number of hydrogen-bond donors (Lipinski definition) is 1. The quantitative estimate of drug-likeness (QED) is 0.845. The molecule has 1 aromatic heterocycles. The van der Waals surface area contributed by atoms with Gasteiger partial charge in [0.15, 0.2) is 0 Å². The Balaban J connectivity index is 2.44. The summed E-state index contributed by atoms with van der Waals surface area (Å²) < 4.78 is 40.2. The minimum absolute atomic E-state index is 0.0251. The third-order valence-electron chi connectivity index (χ3n) is 2.99. The molecule has 1 aromatic rings. The summed E-state index contributed by atoms with van der Waals surface area (Å²) >= 11 is 0. The smallest absolute Gasteiger partial charge is 0.362 e. The number of hydrazone groups is 1. The van der Waals surface area contributed by atoms with E-state index in [-0.39, 0.29) is 16.4 Å². The molecule has 6 nitrogen and oxygen atoms in total. The number of rotatable bonds is 1. The molecule has 2 heterocycles. The Morgan fingerprint density at radius 2 is 2.05 bits per heavy atom. The molecular formula is C11H13F3N4O2. The number of carbonyl (C=O) groups is 1. The van der Waals surface area contributed by atoms with Gasteiger partial charge in [0.25, 0.3) is 11.6 Å². The van der Waals surface area contributed by atoms with Crippen molar-refractivity contribution in [1.29, 1.82) is 0 Å². The van der Waals surface area contributed by atoms with Crippen molar-refractivity contribution in [1.82, 2.24) is 14.8 Å². The molecule has 1 aliphatic heterocycles. The molecule has 0 bridgehead atoms. The van der Waals surface area contributed by atoms with Crippen molar-refractivity contribution < 1.29 is 23.1 Å². The molecule has 1 amide bonds. The first-order valence-corrected chi connectivity index (χ1v) is 5.74. The Kier molecular flexibility index (Phi) is 3.12. The Labute approximate surface area is 112 Å². The second-order valence-electron chi connectivity index (χ2n) is 4.74. The van der Waals surface area contributed by atoms with E-state index in [1.54, 1.807) is 6.92 Å². The number of aromatic nitrogens is 2. The summed E-state index contributed by atoms with van der Waals surface area (Å²) in [5.74, 6) is -1.05. The Bertz CT molecular complexity index is 593. The molecule has 0 saturated carbocycles. The summed E-state index contributed by atoms with van der Waals surface area (Å²) in [7, 11) is 1.43. The molecule has 0 saturated heterocycles. The minimum Gasteiger partial charge on any atom is -0.362 e.